The van der Waals surface area contributed by atoms with E-state index >= 15 is 0 Å². The van der Waals surface area contributed by atoms with Crippen molar-refractivity contribution < 1.29 is 8.42 Å². The number of nitrogens with two attached hydrogens (primary N) is 1. The molecule has 0 aliphatic heterocycles. The molecule has 0 unspecified atom stereocenters. The van der Waals surface area contributed by atoms with Crippen LogP contribution in [0.4, 0.5) is 0 Å². The monoisotopic (exact) mass is 317 g/mol. The maximum Gasteiger partial charge on any atom is 0.304 e. The number of hydrogen-bond acceptors (Lipinski definition) is 6. The lowest BCUT2D eigenvalue weighted by molar-refractivity contribution is 0.575. The molecule has 2 aromatic rings. The van der Waals surface area contributed by atoms with Gasteiger partial charge in [-0.15, -0.1) is 0 Å². The number of nitrogens with one attached hydrogen (secondary N) is 2. The average Bonchev–Trinajstić information content (AvgIpc) is 3.03. The molecular formula is C10H15N5O3S2. The van der Waals surface area contributed by atoms with Gasteiger partial charge >= 0.3 is 4.87 Å². The van der Waals surface area contributed by atoms with E-state index < -0.39 is 10.0 Å². The van der Waals surface area contributed by atoms with E-state index in [2.05, 4.69) is 14.8 Å². The fourth-order valence-corrected chi connectivity index (χ4v) is 3.06. The third-order valence-electron chi connectivity index (χ3n) is 2.53. The van der Waals surface area contributed by atoms with Gasteiger partial charge in [0.1, 0.15) is 4.90 Å². The van der Waals surface area contributed by atoms with Crippen LogP contribution in [-0.2, 0) is 23.1 Å². The first-order chi connectivity index (χ1) is 9.51. The summed E-state index contributed by atoms with van der Waals surface area (Å²) in [5.74, 6) is 0. The van der Waals surface area contributed by atoms with Crippen molar-refractivity contribution >= 4 is 21.4 Å². The molecule has 0 saturated heterocycles. The lowest BCUT2D eigenvalue weighted by atomic mass is 10.4. The van der Waals surface area contributed by atoms with Gasteiger partial charge in [0.15, 0.2) is 0 Å². The summed E-state index contributed by atoms with van der Waals surface area (Å²) in [4.78, 5) is 13.4. The first-order valence-corrected chi connectivity index (χ1v) is 8.26. The highest BCUT2D eigenvalue weighted by Crippen LogP contribution is 2.08. The van der Waals surface area contributed by atoms with Crippen LogP contribution in [0.3, 0.4) is 0 Å². The van der Waals surface area contributed by atoms with Crippen molar-refractivity contribution in [3.63, 3.8) is 0 Å². The van der Waals surface area contributed by atoms with Crippen LogP contribution in [0, 0.1) is 0 Å². The molecule has 0 aliphatic rings. The Bertz CT molecular complexity index is 715. The van der Waals surface area contributed by atoms with Gasteiger partial charge in [0.05, 0.1) is 12.7 Å². The van der Waals surface area contributed by atoms with E-state index in [9.17, 15) is 13.2 Å². The van der Waals surface area contributed by atoms with Crippen LogP contribution in [0.15, 0.2) is 27.5 Å². The predicted octanol–water partition coefficient (Wildman–Crippen LogP) is -0.540. The minimum atomic E-state index is -3.64. The van der Waals surface area contributed by atoms with E-state index in [4.69, 9.17) is 5.73 Å². The van der Waals surface area contributed by atoms with Gasteiger partial charge in [-0.1, -0.05) is 11.3 Å². The number of aromatic nitrogens is 3. The smallest absolute Gasteiger partial charge is 0.304 e. The number of rotatable bonds is 7. The fraction of sp³-hybridized carbons (Fsp3) is 0.400. The van der Waals surface area contributed by atoms with E-state index in [1.807, 2.05) is 0 Å². The second-order valence-electron chi connectivity index (χ2n) is 4.08. The third kappa shape index (κ3) is 3.76. The summed E-state index contributed by atoms with van der Waals surface area (Å²) in [6, 6.07) is 0. The van der Waals surface area contributed by atoms with Crippen molar-refractivity contribution in [1.29, 1.82) is 0 Å². The standard InChI is InChI=1S/C10H15N5O3S2/c11-2-1-3-15-6-9(5-12-15)20(17,18)13-4-8-7-19-10(16)14-8/h5-7,13H,1-4,11H2,(H,14,16). The molecule has 4 N–H and O–H groups in total. The Labute approximate surface area is 119 Å². The molecule has 0 fully saturated rings. The average molecular weight is 317 g/mol. The molecule has 0 bridgehead atoms. The molecule has 0 spiro atoms. The molecule has 0 radical (unpaired) electrons. The van der Waals surface area contributed by atoms with Gasteiger partial charge in [0.25, 0.3) is 0 Å². The molecule has 0 aromatic carbocycles. The predicted molar refractivity (Wildman–Crippen MR) is 74.9 cm³/mol. The van der Waals surface area contributed by atoms with E-state index in [0.717, 1.165) is 17.8 Å². The number of aryl methyl sites for hydroxylation is 1. The van der Waals surface area contributed by atoms with E-state index in [1.165, 1.54) is 17.1 Å². The molecule has 0 atom stereocenters. The lowest BCUT2D eigenvalue weighted by Gasteiger charge is -2.02. The molecule has 0 aliphatic carbocycles. The SMILES string of the molecule is NCCCn1cc(S(=O)(=O)NCc2csc(=O)[nH]2)cn1. The normalized spacial score (nSPS) is 11.8. The molecule has 0 amide bonds. The van der Waals surface area contributed by atoms with Crippen LogP contribution in [0.25, 0.3) is 0 Å². The van der Waals surface area contributed by atoms with Gasteiger partial charge in [-0.2, -0.15) is 5.10 Å². The number of hydrogen-bond donors (Lipinski definition) is 3. The Kier molecular flexibility index (Phi) is 4.70. The summed E-state index contributed by atoms with van der Waals surface area (Å²) in [6.45, 7) is 1.13. The molecule has 10 heteroatoms. The highest BCUT2D eigenvalue weighted by atomic mass is 32.2. The number of thiazole rings is 1. The van der Waals surface area contributed by atoms with Crippen molar-refractivity contribution in [2.45, 2.75) is 24.4 Å². The Balaban J connectivity index is 2.02. The van der Waals surface area contributed by atoms with E-state index in [1.54, 1.807) is 5.38 Å². The van der Waals surface area contributed by atoms with Crippen molar-refractivity contribution in [3.8, 4) is 0 Å². The maximum atomic E-state index is 12.0. The maximum absolute atomic E-state index is 12.0. The quantitative estimate of drug-likeness (QED) is 0.633. The molecule has 8 nitrogen and oxygen atoms in total. The second kappa shape index (κ2) is 6.31. The van der Waals surface area contributed by atoms with Gasteiger partial charge in [-0.3, -0.25) is 9.48 Å². The topological polar surface area (TPSA) is 123 Å². The van der Waals surface area contributed by atoms with Crippen LogP contribution in [0.2, 0.25) is 0 Å². The van der Waals surface area contributed by atoms with Crippen LogP contribution in [-0.4, -0.2) is 29.7 Å². The van der Waals surface area contributed by atoms with Gasteiger partial charge in [0.2, 0.25) is 10.0 Å². The van der Waals surface area contributed by atoms with Gasteiger partial charge in [-0.05, 0) is 13.0 Å². The number of nitrogens with zero attached hydrogens (tertiary/aromatic N) is 2. The summed E-state index contributed by atoms with van der Waals surface area (Å²) in [5, 5.41) is 5.54. The number of aromatic amines is 1. The summed E-state index contributed by atoms with van der Waals surface area (Å²) in [7, 11) is -3.64. The van der Waals surface area contributed by atoms with Crippen LogP contribution >= 0.6 is 11.3 Å². The molecular weight excluding hydrogens is 302 g/mol. The lowest BCUT2D eigenvalue weighted by Crippen LogP contribution is -2.23. The van der Waals surface area contributed by atoms with Crippen molar-refractivity contribution in [1.82, 2.24) is 19.5 Å². The van der Waals surface area contributed by atoms with Crippen molar-refractivity contribution in [3.05, 3.63) is 33.1 Å². The van der Waals surface area contributed by atoms with Crippen molar-refractivity contribution in [2.75, 3.05) is 6.54 Å². The zero-order valence-corrected chi connectivity index (χ0v) is 12.2. The second-order valence-corrected chi connectivity index (χ2v) is 6.69. The van der Waals surface area contributed by atoms with E-state index in [0.29, 0.717) is 18.8 Å². The first-order valence-electron chi connectivity index (χ1n) is 5.90. The molecule has 20 heavy (non-hydrogen) atoms. The zero-order chi connectivity index (χ0) is 14.6. The van der Waals surface area contributed by atoms with Gasteiger partial charge < -0.3 is 10.7 Å². The summed E-state index contributed by atoms with van der Waals surface area (Å²) in [6.07, 6.45) is 3.47. The molecule has 2 rings (SSSR count). The molecule has 0 saturated carbocycles. The van der Waals surface area contributed by atoms with Crippen molar-refractivity contribution in [2.24, 2.45) is 5.73 Å². The Morgan fingerprint density at radius 3 is 2.95 bits per heavy atom. The highest BCUT2D eigenvalue weighted by Gasteiger charge is 2.16. The van der Waals surface area contributed by atoms with Gasteiger partial charge in [0, 0.05) is 23.8 Å². The van der Waals surface area contributed by atoms with Crippen LogP contribution in [0.1, 0.15) is 12.1 Å². The molecule has 2 heterocycles. The largest absolute Gasteiger partial charge is 0.330 e. The Morgan fingerprint density at radius 1 is 1.50 bits per heavy atom. The summed E-state index contributed by atoms with van der Waals surface area (Å²) >= 11 is 0.990. The van der Waals surface area contributed by atoms with Gasteiger partial charge in [-0.25, -0.2) is 13.1 Å². The van der Waals surface area contributed by atoms with E-state index in [-0.39, 0.29) is 16.3 Å². The summed E-state index contributed by atoms with van der Waals surface area (Å²) < 4.78 is 28.0. The first kappa shape index (κ1) is 14.9. The van der Waals surface area contributed by atoms with Crippen LogP contribution < -0.4 is 15.3 Å². The zero-order valence-electron chi connectivity index (χ0n) is 10.6. The highest BCUT2D eigenvalue weighted by molar-refractivity contribution is 7.89. The minimum Gasteiger partial charge on any atom is -0.330 e. The third-order valence-corrected chi connectivity index (χ3v) is 4.61. The minimum absolute atomic E-state index is 0.0368. The Hall–Kier alpha value is -1.49. The summed E-state index contributed by atoms with van der Waals surface area (Å²) in [5.41, 5.74) is 5.91. The van der Waals surface area contributed by atoms with Crippen LogP contribution in [0.5, 0.6) is 0 Å². The fourth-order valence-electron chi connectivity index (χ4n) is 1.52. The number of sulfonamides is 1. The molecule has 2 aromatic heterocycles. The Morgan fingerprint density at radius 2 is 2.30 bits per heavy atom. The molecule has 110 valence electrons. The number of H-pyrrole nitrogens is 1.